The molecule has 0 aliphatic carbocycles. The van der Waals surface area contributed by atoms with Crippen molar-refractivity contribution >= 4 is 17.8 Å². The van der Waals surface area contributed by atoms with Crippen molar-refractivity contribution in [2.24, 2.45) is 29.4 Å². The highest BCUT2D eigenvalue weighted by Gasteiger charge is 2.42. The second-order valence-corrected chi connectivity index (χ2v) is 10.5. The number of halogens is 3. The largest absolute Gasteiger partial charge is 0.504 e. The predicted octanol–water partition coefficient (Wildman–Crippen LogP) is 3.52. The molecule has 0 radical (unpaired) electrons. The van der Waals surface area contributed by atoms with Crippen LogP contribution in [-0.4, -0.2) is 59.4 Å². The zero-order valence-corrected chi connectivity index (χ0v) is 23.2. The summed E-state index contributed by atoms with van der Waals surface area (Å²) in [5, 5.41) is 26.5. The molecule has 0 fully saturated rings. The van der Waals surface area contributed by atoms with Crippen LogP contribution in [0.25, 0.3) is 0 Å². The summed E-state index contributed by atoms with van der Waals surface area (Å²) in [5.74, 6) is -5.75. The number of esters is 1. The number of benzene rings is 1. The van der Waals surface area contributed by atoms with Gasteiger partial charge in [0, 0.05) is 25.0 Å². The van der Waals surface area contributed by atoms with Gasteiger partial charge in [-0.25, -0.2) is 4.79 Å². The smallest absolute Gasteiger partial charge is 0.491 e. The molecule has 12 heteroatoms. The van der Waals surface area contributed by atoms with Crippen molar-refractivity contribution in [3.63, 3.8) is 0 Å². The minimum Gasteiger partial charge on any atom is -0.504 e. The summed E-state index contributed by atoms with van der Waals surface area (Å²) in [6.07, 6.45) is -3.92. The lowest BCUT2D eigenvalue weighted by atomic mass is 9.83. The van der Waals surface area contributed by atoms with Crippen LogP contribution in [0.1, 0.15) is 70.7 Å². The molecule has 0 unspecified atom stereocenters. The van der Waals surface area contributed by atoms with Gasteiger partial charge in [0.1, 0.15) is 0 Å². The van der Waals surface area contributed by atoms with E-state index in [4.69, 9.17) is 5.73 Å². The summed E-state index contributed by atoms with van der Waals surface area (Å²) in [4.78, 5) is 36.4. The molecule has 0 aliphatic rings. The zero-order valence-electron chi connectivity index (χ0n) is 23.2. The Bertz CT molecular complexity index is 955. The van der Waals surface area contributed by atoms with Crippen molar-refractivity contribution in [1.29, 1.82) is 0 Å². The Kier molecular flexibility index (Phi) is 13.7. The molecule has 39 heavy (non-hydrogen) atoms. The highest BCUT2D eigenvalue weighted by atomic mass is 19.4. The van der Waals surface area contributed by atoms with Gasteiger partial charge in [0.2, 0.25) is 5.91 Å². The molecule has 0 aromatic heterocycles. The summed E-state index contributed by atoms with van der Waals surface area (Å²) in [7, 11) is 0. The van der Waals surface area contributed by atoms with Crippen LogP contribution in [0, 0.1) is 23.7 Å². The van der Waals surface area contributed by atoms with Crippen LogP contribution in [0.15, 0.2) is 18.2 Å². The molecule has 1 aromatic rings. The standard InChI is InChI=1S/C27H42F3N3O6/c1-6-7-11-32-25(37)19(16(4)5)13-21(34)20(31)12-17(15(2)3)14-33-24(36)18-9-8-10-22(23(18)35)39-26(38)27(28,29)30/h8-10,15-17,19-21,34-35H,6-7,11-14,31H2,1-5H3,(H,32,37)(H,33,36)/t17-,19+,20+,21+/m1/s1. The Morgan fingerprint density at radius 1 is 1.05 bits per heavy atom. The van der Waals surface area contributed by atoms with Gasteiger partial charge in [-0.1, -0.05) is 47.1 Å². The molecule has 4 atom stereocenters. The maximum absolute atomic E-state index is 12.7. The lowest BCUT2D eigenvalue weighted by Crippen LogP contribution is -2.44. The van der Waals surface area contributed by atoms with Crippen LogP contribution in [0.4, 0.5) is 13.2 Å². The molecule has 0 heterocycles. The molecule has 0 aliphatic heterocycles. The number of para-hydroxylation sites is 1. The maximum atomic E-state index is 12.7. The van der Waals surface area contributed by atoms with Crippen LogP contribution >= 0.6 is 0 Å². The Morgan fingerprint density at radius 3 is 2.23 bits per heavy atom. The number of phenols is 1. The van der Waals surface area contributed by atoms with Gasteiger partial charge >= 0.3 is 12.1 Å². The molecule has 9 nitrogen and oxygen atoms in total. The van der Waals surface area contributed by atoms with Gasteiger partial charge in [-0.05, 0) is 49.1 Å². The average Bonchev–Trinajstić information content (AvgIpc) is 2.84. The van der Waals surface area contributed by atoms with Crippen LogP contribution < -0.4 is 21.1 Å². The fourth-order valence-electron chi connectivity index (χ4n) is 4.00. The van der Waals surface area contributed by atoms with E-state index in [9.17, 15) is 37.8 Å². The number of ether oxygens (including phenoxy) is 1. The van der Waals surface area contributed by atoms with Crippen molar-refractivity contribution in [2.45, 2.75) is 78.6 Å². The number of aromatic hydroxyl groups is 1. The molecule has 2 amide bonds. The Hall–Kier alpha value is -2.86. The Labute approximate surface area is 227 Å². The van der Waals surface area contributed by atoms with Gasteiger partial charge in [-0.15, -0.1) is 0 Å². The van der Waals surface area contributed by atoms with Crippen LogP contribution in [0.3, 0.4) is 0 Å². The minimum atomic E-state index is -5.27. The number of carbonyl (C=O) groups is 3. The van der Waals surface area contributed by atoms with E-state index in [0.29, 0.717) is 13.0 Å². The molecule has 222 valence electrons. The molecule has 1 rings (SSSR count). The summed E-state index contributed by atoms with van der Waals surface area (Å²) >= 11 is 0. The number of hydrogen-bond acceptors (Lipinski definition) is 7. The number of aliphatic hydroxyl groups is 1. The van der Waals surface area contributed by atoms with Gasteiger partial charge in [0.15, 0.2) is 11.5 Å². The number of amides is 2. The predicted molar refractivity (Wildman–Crippen MR) is 140 cm³/mol. The zero-order chi connectivity index (χ0) is 29.9. The highest BCUT2D eigenvalue weighted by molar-refractivity contribution is 5.98. The molecule has 0 spiro atoms. The topological polar surface area (TPSA) is 151 Å². The number of nitrogens with one attached hydrogen (secondary N) is 2. The van der Waals surface area contributed by atoms with E-state index >= 15 is 0 Å². The summed E-state index contributed by atoms with van der Waals surface area (Å²) < 4.78 is 41.7. The second kappa shape index (κ2) is 15.7. The maximum Gasteiger partial charge on any atom is 0.491 e. The van der Waals surface area contributed by atoms with E-state index in [0.717, 1.165) is 18.9 Å². The van der Waals surface area contributed by atoms with E-state index in [2.05, 4.69) is 15.4 Å². The van der Waals surface area contributed by atoms with Crippen molar-refractivity contribution < 1.29 is 42.5 Å². The fourth-order valence-corrected chi connectivity index (χ4v) is 4.00. The van der Waals surface area contributed by atoms with Crippen LogP contribution in [0.5, 0.6) is 11.5 Å². The van der Waals surface area contributed by atoms with Gasteiger partial charge in [-0.2, -0.15) is 13.2 Å². The number of alkyl halides is 3. The summed E-state index contributed by atoms with van der Waals surface area (Å²) in [5.41, 5.74) is 5.92. The van der Waals surface area contributed by atoms with Crippen LogP contribution in [-0.2, 0) is 9.59 Å². The number of carbonyl (C=O) groups excluding carboxylic acids is 3. The molecular weight excluding hydrogens is 519 g/mol. The number of rotatable bonds is 15. The first-order valence-corrected chi connectivity index (χ1v) is 13.2. The normalized spacial score (nSPS) is 15.0. The van der Waals surface area contributed by atoms with E-state index < -0.39 is 47.6 Å². The van der Waals surface area contributed by atoms with Crippen molar-refractivity contribution in [1.82, 2.24) is 10.6 Å². The third-order valence-electron chi connectivity index (χ3n) is 6.68. The number of unbranched alkanes of at least 4 members (excludes halogenated alkanes) is 1. The minimum absolute atomic E-state index is 0.00694. The Morgan fingerprint density at radius 2 is 1.69 bits per heavy atom. The lowest BCUT2D eigenvalue weighted by molar-refractivity contribution is -0.189. The van der Waals surface area contributed by atoms with Gasteiger partial charge in [-0.3, -0.25) is 9.59 Å². The second-order valence-electron chi connectivity index (χ2n) is 10.5. The van der Waals surface area contributed by atoms with E-state index in [1.54, 1.807) is 0 Å². The molecule has 0 saturated carbocycles. The monoisotopic (exact) mass is 561 g/mol. The molecule has 0 saturated heterocycles. The molecule has 6 N–H and O–H groups in total. The summed E-state index contributed by atoms with van der Waals surface area (Å²) in [6.45, 7) is 10.3. The van der Waals surface area contributed by atoms with Crippen molar-refractivity contribution in [3.8, 4) is 11.5 Å². The van der Waals surface area contributed by atoms with Crippen molar-refractivity contribution in [2.75, 3.05) is 13.1 Å². The number of aliphatic hydroxyl groups excluding tert-OH is 1. The quantitative estimate of drug-likeness (QED) is 0.125. The van der Waals surface area contributed by atoms with Crippen LogP contribution in [0.2, 0.25) is 0 Å². The first-order valence-electron chi connectivity index (χ1n) is 13.2. The Balaban J connectivity index is 2.83. The van der Waals surface area contributed by atoms with E-state index in [-0.39, 0.29) is 42.2 Å². The third-order valence-corrected chi connectivity index (χ3v) is 6.68. The van der Waals surface area contributed by atoms with E-state index in [1.807, 2.05) is 34.6 Å². The third kappa shape index (κ3) is 11.0. The first-order chi connectivity index (χ1) is 18.1. The molecule has 1 aromatic carbocycles. The first kappa shape index (κ1) is 34.2. The number of hydrogen-bond donors (Lipinski definition) is 5. The molecular formula is C27H42F3N3O6. The van der Waals surface area contributed by atoms with E-state index in [1.165, 1.54) is 12.1 Å². The fraction of sp³-hybridized carbons (Fsp3) is 0.667. The number of nitrogens with two attached hydrogens (primary N) is 1. The lowest BCUT2D eigenvalue weighted by Gasteiger charge is -2.30. The highest BCUT2D eigenvalue weighted by Crippen LogP contribution is 2.32. The SMILES string of the molecule is CCCCNC(=O)[C@@H](C[C@H](O)[C@@H](N)C[C@H](CNC(=O)c1cccc(OC(=O)C(F)(F)F)c1O)C(C)C)C(C)C. The van der Waals surface area contributed by atoms with Gasteiger partial charge < -0.3 is 31.3 Å². The number of phenolic OH excluding ortho intramolecular Hbond substituents is 1. The molecule has 0 bridgehead atoms. The van der Waals surface area contributed by atoms with Gasteiger partial charge in [0.25, 0.3) is 5.91 Å². The van der Waals surface area contributed by atoms with Gasteiger partial charge in [0.05, 0.1) is 11.7 Å². The summed E-state index contributed by atoms with van der Waals surface area (Å²) in [6, 6.07) is 2.59. The van der Waals surface area contributed by atoms with Crippen molar-refractivity contribution in [3.05, 3.63) is 23.8 Å². The average molecular weight is 562 g/mol.